The standard InChI is InChI=1S/C13H21ClN2O/c1-13(2,3)7-10(17)8-16-12-5-4-9(15)6-11(12)14/h4-6,10,16-17H,7-8,15H2,1-3H3. The summed E-state index contributed by atoms with van der Waals surface area (Å²) in [5, 5.41) is 13.6. The molecule has 0 aliphatic rings. The lowest BCUT2D eigenvalue weighted by Crippen LogP contribution is -2.25. The molecule has 96 valence electrons. The van der Waals surface area contributed by atoms with Crippen molar-refractivity contribution in [3.63, 3.8) is 0 Å². The van der Waals surface area contributed by atoms with Gasteiger partial charge in [-0.3, -0.25) is 0 Å². The Morgan fingerprint density at radius 3 is 2.59 bits per heavy atom. The van der Waals surface area contributed by atoms with E-state index in [1.807, 2.05) is 6.07 Å². The van der Waals surface area contributed by atoms with Gasteiger partial charge in [0, 0.05) is 12.2 Å². The highest BCUT2D eigenvalue weighted by molar-refractivity contribution is 6.33. The van der Waals surface area contributed by atoms with Gasteiger partial charge < -0.3 is 16.2 Å². The highest BCUT2D eigenvalue weighted by Crippen LogP contribution is 2.25. The number of aliphatic hydroxyl groups excluding tert-OH is 1. The predicted octanol–water partition coefficient (Wildman–Crippen LogP) is 3.13. The molecule has 0 saturated heterocycles. The number of nitrogens with one attached hydrogen (secondary N) is 1. The Labute approximate surface area is 108 Å². The lowest BCUT2D eigenvalue weighted by molar-refractivity contribution is 0.132. The van der Waals surface area contributed by atoms with Crippen molar-refractivity contribution >= 4 is 23.0 Å². The van der Waals surface area contributed by atoms with E-state index < -0.39 is 0 Å². The summed E-state index contributed by atoms with van der Waals surface area (Å²) in [6.45, 7) is 6.80. The third-order valence-electron chi connectivity index (χ3n) is 2.37. The van der Waals surface area contributed by atoms with Crippen LogP contribution in [0.4, 0.5) is 11.4 Å². The molecule has 0 spiro atoms. The topological polar surface area (TPSA) is 58.3 Å². The van der Waals surface area contributed by atoms with Crippen LogP contribution < -0.4 is 11.1 Å². The highest BCUT2D eigenvalue weighted by Gasteiger charge is 2.16. The highest BCUT2D eigenvalue weighted by atomic mass is 35.5. The maximum absolute atomic E-state index is 9.86. The van der Waals surface area contributed by atoms with Crippen molar-refractivity contribution in [1.29, 1.82) is 0 Å². The Morgan fingerprint density at radius 1 is 1.41 bits per heavy atom. The minimum absolute atomic E-state index is 0.117. The van der Waals surface area contributed by atoms with Gasteiger partial charge in [-0.25, -0.2) is 0 Å². The van der Waals surface area contributed by atoms with Gasteiger partial charge in [-0.1, -0.05) is 32.4 Å². The molecule has 4 N–H and O–H groups in total. The van der Waals surface area contributed by atoms with Gasteiger partial charge in [0.1, 0.15) is 0 Å². The van der Waals surface area contributed by atoms with Crippen molar-refractivity contribution in [2.75, 3.05) is 17.6 Å². The van der Waals surface area contributed by atoms with Crippen molar-refractivity contribution in [3.8, 4) is 0 Å². The molecular formula is C13H21ClN2O. The van der Waals surface area contributed by atoms with Crippen LogP contribution in [0.25, 0.3) is 0 Å². The van der Waals surface area contributed by atoms with Crippen LogP contribution in [-0.2, 0) is 0 Å². The van der Waals surface area contributed by atoms with Gasteiger partial charge in [0.25, 0.3) is 0 Å². The molecular weight excluding hydrogens is 236 g/mol. The Morgan fingerprint density at radius 2 is 2.06 bits per heavy atom. The van der Waals surface area contributed by atoms with E-state index in [9.17, 15) is 5.11 Å². The van der Waals surface area contributed by atoms with Crippen LogP contribution in [0.15, 0.2) is 18.2 Å². The molecule has 1 aromatic carbocycles. The quantitative estimate of drug-likeness (QED) is 0.726. The van der Waals surface area contributed by atoms with E-state index in [0.717, 1.165) is 12.1 Å². The monoisotopic (exact) mass is 256 g/mol. The lowest BCUT2D eigenvalue weighted by Gasteiger charge is -2.23. The molecule has 0 heterocycles. The second-order valence-electron chi connectivity index (χ2n) is 5.54. The zero-order chi connectivity index (χ0) is 13.1. The average molecular weight is 257 g/mol. The predicted molar refractivity (Wildman–Crippen MR) is 74.4 cm³/mol. The summed E-state index contributed by atoms with van der Waals surface area (Å²) in [7, 11) is 0. The molecule has 4 heteroatoms. The molecule has 0 amide bonds. The number of aliphatic hydroxyl groups is 1. The van der Waals surface area contributed by atoms with Gasteiger partial charge in [0.2, 0.25) is 0 Å². The Hall–Kier alpha value is -0.930. The van der Waals surface area contributed by atoms with Gasteiger partial charge in [-0.15, -0.1) is 0 Å². The fourth-order valence-electron chi connectivity index (χ4n) is 1.68. The van der Waals surface area contributed by atoms with Crippen LogP contribution in [0.3, 0.4) is 0 Å². The first-order valence-corrected chi connectivity index (χ1v) is 6.13. The first-order chi connectivity index (χ1) is 7.78. The number of rotatable bonds is 4. The van der Waals surface area contributed by atoms with E-state index in [1.54, 1.807) is 12.1 Å². The Bertz CT molecular complexity index is 374. The molecule has 0 aliphatic heterocycles. The summed E-state index contributed by atoms with van der Waals surface area (Å²) in [5.74, 6) is 0. The van der Waals surface area contributed by atoms with Crippen LogP contribution in [0.2, 0.25) is 5.02 Å². The number of benzene rings is 1. The molecule has 1 atom stereocenters. The zero-order valence-corrected chi connectivity index (χ0v) is 11.4. The van der Waals surface area contributed by atoms with E-state index in [-0.39, 0.29) is 11.5 Å². The molecule has 0 aliphatic carbocycles. The summed E-state index contributed by atoms with van der Waals surface area (Å²) in [6.07, 6.45) is 0.357. The number of nitrogen functional groups attached to an aromatic ring is 1. The van der Waals surface area contributed by atoms with Gasteiger partial charge >= 0.3 is 0 Å². The SMILES string of the molecule is CC(C)(C)CC(O)CNc1ccc(N)cc1Cl. The maximum Gasteiger partial charge on any atom is 0.0717 e. The molecule has 0 saturated carbocycles. The van der Waals surface area contributed by atoms with Crippen molar-refractivity contribution in [2.45, 2.75) is 33.3 Å². The minimum atomic E-state index is -0.386. The third-order valence-corrected chi connectivity index (χ3v) is 2.68. The number of hydrogen-bond acceptors (Lipinski definition) is 3. The smallest absolute Gasteiger partial charge is 0.0717 e. The molecule has 1 rings (SSSR count). The third kappa shape index (κ3) is 5.29. The number of hydrogen-bond donors (Lipinski definition) is 3. The fraction of sp³-hybridized carbons (Fsp3) is 0.538. The summed E-state index contributed by atoms with van der Waals surface area (Å²) in [5.41, 5.74) is 7.16. The van der Waals surface area contributed by atoms with Crippen molar-refractivity contribution in [3.05, 3.63) is 23.2 Å². The largest absolute Gasteiger partial charge is 0.399 e. The van der Waals surface area contributed by atoms with Crippen LogP contribution in [0, 0.1) is 5.41 Å². The average Bonchev–Trinajstić information content (AvgIpc) is 2.13. The first-order valence-electron chi connectivity index (χ1n) is 5.75. The van der Waals surface area contributed by atoms with E-state index >= 15 is 0 Å². The molecule has 0 radical (unpaired) electrons. The molecule has 1 aromatic rings. The number of nitrogens with two attached hydrogens (primary N) is 1. The van der Waals surface area contributed by atoms with E-state index in [2.05, 4.69) is 26.1 Å². The summed E-state index contributed by atoms with van der Waals surface area (Å²) in [4.78, 5) is 0. The molecule has 0 aromatic heterocycles. The lowest BCUT2D eigenvalue weighted by atomic mass is 9.89. The van der Waals surface area contributed by atoms with Gasteiger partial charge in [0.15, 0.2) is 0 Å². The molecule has 17 heavy (non-hydrogen) atoms. The number of anilines is 2. The maximum atomic E-state index is 9.86. The normalized spacial score (nSPS) is 13.5. The first kappa shape index (κ1) is 14.1. The van der Waals surface area contributed by atoms with Gasteiger partial charge in [-0.05, 0) is 30.0 Å². The van der Waals surface area contributed by atoms with Crippen LogP contribution in [0.5, 0.6) is 0 Å². The van der Waals surface area contributed by atoms with Crippen molar-refractivity contribution < 1.29 is 5.11 Å². The fourth-order valence-corrected chi connectivity index (χ4v) is 1.94. The Kier molecular flexibility index (Phi) is 4.66. The van der Waals surface area contributed by atoms with E-state index in [4.69, 9.17) is 17.3 Å². The van der Waals surface area contributed by atoms with Gasteiger partial charge in [0.05, 0.1) is 16.8 Å². The summed E-state index contributed by atoms with van der Waals surface area (Å²) >= 11 is 6.02. The summed E-state index contributed by atoms with van der Waals surface area (Å²) in [6, 6.07) is 5.30. The molecule has 0 bridgehead atoms. The number of halogens is 1. The van der Waals surface area contributed by atoms with Crippen LogP contribution in [0.1, 0.15) is 27.2 Å². The zero-order valence-electron chi connectivity index (χ0n) is 10.6. The molecule has 3 nitrogen and oxygen atoms in total. The molecule has 0 fully saturated rings. The van der Waals surface area contributed by atoms with Crippen LogP contribution >= 0.6 is 11.6 Å². The second-order valence-corrected chi connectivity index (χ2v) is 5.95. The van der Waals surface area contributed by atoms with Gasteiger partial charge in [-0.2, -0.15) is 0 Å². The van der Waals surface area contributed by atoms with Crippen molar-refractivity contribution in [1.82, 2.24) is 0 Å². The minimum Gasteiger partial charge on any atom is -0.399 e. The Balaban J connectivity index is 2.50. The van der Waals surface area contributed by atoms with E-state index in [0.29, 0.717) is 17.3 Å². The summed E-state index contributed by atoms with van der Waals surface area (Å²) < 4.78 is 0. The van der Waals surface area contributed by atoms with Crippen LogP contribution in [-0.4, -0.2) is 17.8 Å². The van der Waals surface area contributed by atoms with E-state index in [1.165, 1.54) is 0 Å². The molecule has 1 unspecified atom stereocenters. The second kappa shape index (κ2) is 5.61. The van der Waals surface area contributed by atoms with Crippen molar-refractivity contribution in [2.24, 2.45) is 5.41 Å².